The highest BCUT2D eigenvalue weighted by molar-refractivity contribution is 5.79. The summed E-state index contributed by atoms with van der Waals surface area (Å²) >= 11 is 0. The summed E-state index contributed by atoms with van der Waals surface area (Å²) in [5, 5.41) is 17.2. The highest BCUT2D eigenvalue weighted by Gasteiger charge is 2.43. The number of aromatic nitrogens is 3. The van der Waals surface area contributed by atoms with E-state index in [0.29, 0.717) is 0 Å². The van der Waals surface area contributed by atoms with Crippen LogP contribution in [0.1, 0.15) is 12.5 Å². The van der Waals surface area contributed by atoms with Crippen molar-refractivity contribution < 1.29 is 32.5 Å². The minimum absolute atomic E-state index is 0.0103. The van der Waals surface area contributed by atoms with E-state index in [1.54, 1.807) is 0 Å². The first kappa shape index (κ1) is 19.3. The summed E-state index contributed by atoms with van der Waals surface area (Å²) in [6.45, 7) is -0.355. The van der Waals surface area contributed by atoms with Crippen molar-refractivity contribution in [1.82, 2.24) is 15.0 Å². The topological polar surface area (TPSA) is 112 Å². The zero-order valence-electron chi connectivity index (χ0n) is 14.2. The summed E-state index contributed by atoms with van der Waals surface area (Å²) in [4.78, 5) is 11.7. The van der Waals surface area contributed by atoms with Gasteiger partial charge in [0, 0.05) is 19.1 Å². The van der Waals surface area contributed by atoms with Gasteiger partial charge in [0.25, 0.3) is 0 Å². The van der Waals surface area contributed by atoms with E-state index >= 15 is 0 Å². The van der Waals surface area contributed by atoms with E-state index in [2.05, 4.69) is 10.3 Å². The van der Waals surface area contributed by atoms with Crippen molar-refractivity contribution in [2.24, 2.45) is 5.73 Å². The molecule has 0 spiro atoms. The van der Waals surface area contributed by atoms with Crippen LogP contribution < -0.4 is 5.73 Å². The van der Waals surface area contributed by atoms with E-state index in [-0.39, 0.29) is 24.3 Å². The number of ether oxygens (including phenoxy) is 2. The molecule has 11 heteroatoms. The van der Waals surface area contributed by atoms with Gasteiger partial charge in [-0.3, -0.25) is 4.79 Å². The lowest BCUT2D eigenvalue weighted by Crippen LogP contribution is -2.53. The molecule has 146 valence electrons. The molecule has 1 aromatic carbocycles. The van der Waals surface area contributed by atoms with Gasteiger partial charge >= 0.3 is 0 Å². The smallest absolute Gasteiger partial charge is 0.249 e. The Morgan fingerprint density at radius 1 is 1.41 bits per heavy atom. The van der Waals surface area contributed by atoms with Crippen LogP contribution in [0.4, 0.5) is 13.2 Å². The van der Waals surface area contributed by atoms with Gasteiger partial charge in [-0.05, 0) is 12.1 Å². The van der Waals surface area contributed by atoms with Gasteiger partial charge in [-0.1, -0.05) is 5.21 Å². The van der Waals surface area contributed by atoms with Crippen LogP contribution in [0.2, 0.25) is 0 Å². The number of carbonyl (C=O) groups excluding carboxylic acids is 1. The lowest BCUT2D eigenvalue weighted by atomic mass is 9.95. The normalized spacial score (nSPS) is 25.5. The third kappa shape index (κ3) is 3.66. The second kappa shape index (κ2) is 7.62. The Labute approximate surface area is 151 Å². The number of nitrogens with two attached hydrogens (primary N) is 1. The molecule has 1 fully saturated rings. The first-order valence-electron chi connectivity index (χ1n) is 8.00. The van der Waals surface area contributed by atoms with Crippen LogP contribution in [-0.2, 0) is 14.3 Å². The quantitative estimate of drug-likeness (QED) is 0.726. The lowest BCUT2D eigenvalue weighted by Gasteiger charge is -2.39. The molecule has 4 atom stereocenters. The standard InChI is InChI=1S/C16H17F3N4O4/c1-26-14-12(4-8(6-24)27-15(14)16(20)25)23-5-11(21-22-23)7-2-9(17)13(19)10(18)3-7/h2-3,5,8,12,14-15,24H,4,6H2,1H3,(H2,20,25). The van der Waals surface area contributed by atoms with E-state index in [1.165, 1.54) is 18.0 Å². The average molecular weight is 386 g/mol. The Hall–Kier alpha value is -2.50. The molecule has 0 bridgehead atoms. The number of rotatable bonds is 5. The minimum Gasteiger partial charge on any atom is -0.394 e. The van der Waals surface area contributed by atoms with Crippen LogP contribution in [0, 0.1) is 17.5 Å². The van der Waals surface area contributed by atoms with Crippen molar-refractivity contribution in [2.75, 3.05) is 13.7 Å². The number of aliphatic hydroxyl groups excluding tert-OH is 1. The predicted molar refractivity (Wildman–Crippen MR) is 84.7 cm³/mol. The van der Waals surface area contributed by atoms with Gasteiger partial charge in [0.15, 0.2) is 23.6 Å². The summed E-state index contributed by atoms with van der Waals surface area (Å²) in [5.41, 5.74) is 5.42. The maximum Gasteiger partial charge on any atom is 0.249 e. The molecule has 1 amide bonds. The third-order valence-electron chi connectivity index (χ3n) is 4.41. The number of amides is 1. The van der Waals surface area contributed by atoms with E-state index < -0.39 is 47.7 Å². The molecule has 1 aliphatic rings. The number of methoxy groups -OCH3 is 1. The molecule has 3 rings (SSSR count). The molecule has 3 N–H and O–H groups in total. The van der Waals surface area contributed by atoms with Crippen molar-refractivity contribution in [3.8, 4) is 11.3 Å². The number of carbonyl (C=O) groups is 1. The predicted octanol–water partition coefficient (Wildman–Crippen LogP) is 0.554. The number of primary amides is 1. The van der Waals surface area contributed by atoms with Gasteiger partial charge in [-0.15, -0.1) is 5.10 Å². The van der Waals surface area contributed by atoms with Gasteiger partial charge in [0.2, 0.25) is 5.91 Å². The van der Waals surface area contributed by atoms with Crippen molar-refractivity contribution in [3.05, 3.63) is 35.8 Å². The van der Waals surface area contributed by atoms with Crippen LogP contribution in [0.15, 0.2) is 18.3 Å². The number of hydrogen-bond acceptors (Lipinski definition) is 6. The van der Waals surface area contributed by atoms with Gasteiger partial charge in [-0.2, -0.15) is 0 Å². The largest absolute Gasteiger partial charge is 0.394 e. The Bertz CT molecular complexity index is 824. The molecule has 0 aliphatic carbocycles. The van der Waals surface area contributed by atoms with E-state index in [0.717, 1.165) is 12.1 Å². The molecule has 0 radical (unpaired) electrons. The molecular formula is C16H17F3N4O4. The maximum absolute atomic E-state index is 13.5. The van der Waals surface area contributed by atoms with E-state index in [4.69, 9.17) is 15.2 Å². The number of benzene rings is 1. The summed E-state index contributed by atoms with van der Waals surface area (Å²) < 4.78 is 52.1. The summed E-state index contributed by atoms with van der Waals surface area (Å²) in [7, 11) is 1.36. The highest BCUT2D eigenvalue weighted by Crippen LogP contribution is 2.32. The summed E-state index contributed by atoms with van der Waals surface area (Å²) in [6.07, 6.45) is -1.03. The van der Waals surface area contributed by atoms with Crippen LogP contribution in [-0.4, -0.2) is 58.0 Å². The zero-order valence-corrected chi connectivity index (χ0v) is 14.2. The highest BCUT2D eigenvalue weighted by atomic mass is 19.2. The fourth-order valence-corrected chi connectivity index (χ4v) is 3.11. The van der Waals surface area contributed by atoms with Crippen molar-refractivity contribution in [2.45, 2.75) is 30.8 Å². The molecule has 4 unspecified atom stereocenters. The van der Waals surface area contributed by atoms with Crippen molar-refractivity contribution >= 4 is 5.91 Å². The number of halogens is 3. The summed E-state index contributed by atoms with van der Waals surface area (Å²) in [6, 6.07) is 1.01. The number of nitrogens with zero attached hydrogens (tertiary/aromatic N) is 3. The fourth-order valence-electron chi connectivity index (χ4n) is 3.11. The van der Waals surface area contributed by atoms with Crippen LogP contribution in [0.5, 0.6) is 0 Å². The number of aliphatic hydroxyl groups is 1. The van der Waals surface area contributed by atoms with Gasteiger partial charge in [0.05, 0.1) is 24.9 Å². The molecule has 2 heterocycles. The van der Waals surface area contributed by atoms with Crippen LogP contribution >= 0.6 is 0 Å². The van der Waals surface area contributed by atoms with Gasteiger partial charge in [0.1, 0.15) is 11.8 Å². The maximum atomic E-state index is 13.5. The molecule has 1 saturated heterocycles. The van der Waals surface area contributed by atoms with Crippen molar-refractivity contribution in [3.63, 3.8) is 0 Å². The first-order chi connectivity index (χ1) is 12.8. The molecule has 0 saturated carbocycles. The minimum atomic E-state index is -1.58. The van der Waals surface area contributed by atoms with Gasteiger partial charge < -0.3 is 20.3 Å². The zero-order chi connectivity index (χ0) is 19.7. The lowest BCUT2D eigenvalue weighted by molar-refractivity contribution is -0.175. The molecule has 27 heavy (non-hydrogen) atoms. The Kier molecular flexibility index (Phi) is 5.44. The Morgan fingerprint density at radius 3 is 2.63 bits per heavy atom. The SMILES string of the molecule is COC1C(C(N)=O)OC(CO)CC1n1cc(-c2cc(F)c(F)c(F)c2)nn1. The Balaban J connectivity index is 1.95. The summed E-state index contributed by atoms with van der Waals surface area (Å²) in [5.74, 6) is -5.05. The second-order valence-corrected chi connectivity index (χ2v) is 6.10. The second-order valence-electron chi connectivity index (χ2n) is 6.10. The molecule has 8 nitrogen and oxygen atoms in total. The average Bonchev–Trinajstić information content (AvgIpc) is 3.14. The third-order valence-corrected chi connectivity index (χ3v) is 4.41. The first-order valence-corrected chi connectivity index (χ1v) is 8.00. The van der Waals surface area contributed by atoms with Gasteiger partial charge in [-0.25, -0.2) is 17.9 Å². The van der Waals surface area contributed by atoms with Crippen LogP contribution in [0.25, 0.3) is 11.3 Å². The number of hydrogen-bond donors (Lipinski definition) is 2. The van der Waals surface area contributed by atoms with Crippen LogP contribution in [0.3, 0.4) is 0 Å². The van der Waals surface area contributed by atoms with Crippen molar-refractivity contribution in [1.29, 1.82) is 0 Å². The monoisotopic (exact) mass is 386 g/mol. The Morgan fingerprint density at radius 2 is 2.07 bits per heavy atom. The fraction of sp³-hybridized carbons (Fsp3) is 0.438. The van der Waals surface area contributed by atoms with E-state index in [1.807, 2.05) is 0 Å². The molecule has 2 aromatic rings. The molecular weight excluding hydrogens is 369 g/mol. The molecule has 1 aromatic heterocycles. The van der Waals surface area contributed by atoms with E-state index in [9.17, 15) is 23.1 Å². The molecule has 1 aliphatic heterocycles.